The van der Waals surface area contributed by atoms with Crippen molar-refractivity contribution in [2.45, 2.75) is 25.2 Å². The second kappa shape index (κ2) is 8.37. The second-order valence-electron chi connectivity index (χ2n) is 7.18. The molecule has 1 saturated heterocycles. The molecule has 3 aromatic rings. The molecule has 4 nitrogen and oxygen atoms in total. The summed E-state index contributed by atoms with van der Waals surface area (Å²) in [6, 6.07) is 11.7. The van der Waals surface area contributed by atoms with Crippen molar-refractivity contribution in [1.82, 2.24) is 19.9 Å². The van der Waals surface area contributed by atoms with Gasteiger partial charge in [0.05, 0.1) is 17.6 Å². The van der Waals surface area contributed by atoms with Crippen LogP contribution < -0.4 is 0 Å². The van der Waals surface area contributed by atoms with Crippen LogP contribution in [-0.2, 0) is 6.42 Å². The van der Waals surface area contributed by atoms with E-state index in [-0.39, 0.29) is 0 Å². The van der Waals surface area contributed by atoms with Crippen molar-refractivity contribution in [1.29, 1.82) is 0 Å². The minimum absolute atomic E-state index is 0.382. The van der Waals surface area contributed by atoms with Crippen LogP contribution in [0.1, 0.15) is 30.0 Å². The summed E-state index contributed by atoms with van der Waals surface area (Å²) in [6.07, 6.45) is 4.71. The van der Waals surface area contributed by atoms with Gasteiger partial charge in [0.15, 0.2) is 11.6 Å². The molecule has 7 heteroatoms. The van der Waals surface area contributed by atoms with Crippen molar-refractivity contribution < 1.29 is 8.78 Å². The fourth-order valence-electron chi connectivity index (χ4n) is 3.64. The van der Waals surface area contributed by atoms with Crippen molar-refractivity contribution in [3.63, 3.8) is 0 Å². The number of likely N-dealkylation sites (tertiary alicyclic amines) is 1. The number of hydrogen-bond donors (Lipinski definition) is 0. The van der Waals surface area contributed by atoms with E-state index in [0.29, 0.717) is 17.4 Å². The maximum absolute atomic E-state index is 13.3. The summed E-state index contributed by atoms with van der Waals surface area (Å²) in [6.45, 7) is 2.75. The van der Waals surface area contributed by atoms with Gasteiger partial charge in [0.1, 0.15) is 0 Å². The predicted molar refractivity (Wildman–Crippen MR) is 105 cm³/mol. The summed E-state index contributed by atoms with van der Waals surface area (Å²) in [5.74, 6) is -1.19. The lowest BCUT2D eigenvalue weighted by molar-refractivity contribution is 0.213. The van der Waals surface area contributed by atoms with Crippen molar-refractivity contribution in [2.75, 3.05) is 19.6 Å². The molecule has 1 fully saturated rings. The van der Waals surface area contributed by atoms with Gasteiger partial charge >= 0.3 is 0 Å². The zero-order valence-electron chi connectivity index (χ0n) is 15.4. The molecule has 0 unspecified atom stereocenters. The van der Waals surface area contributed by atoms with Gasteiger partial charge in [-0.25, -0.2) is 13.5 Å². The van der Waals surface area contributed by atoms with Gasteiger partial charge in [-0.05, 0) is 68.2 Å². The van der Waals surface area contributed by atoms with Gasteiger partial charge < -0.3 is 4.90 Å². The molecule has 4 rings (SSSR count). The van der Waals surface area contributed by atoms with Crippen LogP contribution in [-0.4, -0.2) is 39.5 Å². The zero-order chi connectivity index (χ0) is 19.5. The van der Waals surface area contributed by atoms with Gasteiger partial charge in [0.2, 0.25) is 0 Å². The van der Waals surface area contributed by atoms with Crippen LogP contribution >= 0.6 is 11.6 Å². The Morgan fingerprint density at radius 2 is 1.86 bits per heavy atom. The average molecular weight is 403 g/mol. The molecule has 0 N–H and O–H groups in total. The minimum atomic E-state index is -0.796. The minimum Gasteiger partial charge on any atom is -0.303 e. The highest BCUT2D eigenvalue weighted by Gasteiger charge is 2.23. The first kappa shape index (κ1) is 19.0. The lowest BCUT2D eigenvalue weighted by atomic mass is 9.94. The lowest BCUT2D eigenvalue weighted by Gasteiger charge is -2.31. The molecule has 1 aliphatic heterocycles. The molecule has 0 spiro atoms. The molecular formula is C21H21ClF2N4. The van der Waals surface area contributed by atoms with Crippen LogP contribution in [0.3, 0.4) is 0 Å². The topological polar surface area (TPSA) is 34.0 Å². The third-order valence-electron chi connectivity index (χ3n) is 5.29. The zero-order valence-corrected chi connectivity index (χ0v) is 16.1. The monoisotopic (exact) mass is 402 g/mol. The summed E-state index contributed by atoms with van der Waals surface area (Å²) >= 11 is 6.05. The van der Waals surface area contributed by atoms with E-state index in [1.165, 1.54) is 12.1 Å². The fraction of sp³-hybridized carbons (Fsp3) is 0.333. The number of hydrogen-bond acceptors (Lipinski definition) is 3. The Bertz CT molecular complexity index is 951. The normalized spacial score (nSPS) is 15.8. The number of piperidine rings is 1. The van der Waals surface area contributed by atoms with Gasteiger partial charge in [-0.3, -0.25) is 0 Å². The third-order valence-corrected chi connectivity index (χ3v) is 5.53. The van der Waals surface area contributed by atoms with Gasteiger partial charge in [-0.15, -0.1) is 5.10 Å². The number of aromatic nitrogens is 3. The summed E-state index contributed by atoms with van der Waals surface area (Å²) in [5.41, 5.74) is 2.72. The predicted octanol–water partition coefficient (Wildman–Crippen LogP) is 4.62. The summed E-state index contributed by atoms with van der Waals surface area (Å²) in [4.78, 5) is 2.36. The van der Waals surface area contributed by atoms with E-state index < -0.39 is 11.6 Å². The maximum Gasteiger partial charge on any atom is 0.159 e. The van der Waals surface area contributed by atoms with E-state index in [1.807, 2.05) is 30.5 Å². The van der Waals surface area contributed by atoms with Gasteiger partial charge in [-0.2, -0.15) is 0 Å². The van der Waals surface area contributed by atoms with Crippen molar-refractivity contribution >= 4 is 11.6 Å². The Morgan fingerprint density at radius 1 is 1.04 bits per heavy atom. The van der Waals surface area contributed by atoms with Crippen LogP contribution in [0.25, 0.3) is 5.69 Å². The number of benzene rings is 2. The Labute approximate surface area is 167 Å². The van der Waals surface area contributed by atoms with Crippen LogP contribution in [0.4, 0.5) is 8.78 Å². The average Bonchev–Trinajstić information content (AvgIpc) is 3.20. The number of nitrogens with zero attached hydrogens (tertiary/aromatic N) is 4. The molecule has 28 heavy (non-hydrogen) atoms. The molecule has 2 aromatic carbocycles. The largest absolute Gasteiger partial charge is 0.303 e. The van der Waals surface area contributed by atoms with Gasteiger partial charge in [-0.1, -0.05) is 28.9 Å². The Kier molecular flexibility index (Phi) is 5.69. The van der Waals surface area contributed by atoms with E-state index in [9.17, 15) is 8.78 Å². The highest BCUT2D eigenvalue weighted by Crippen LogP contribution is 2.27. The number of rotatable bonds is 5. The highest BCUT2D eigenvalue weighted by molar-refractivity contribution is 6.30. The SMILES string of the molecule is Fc1ccc(CCN2CCC(c3cn(-c4cccc(Cl)c4)nn3)CC2)cc1F. The fourth-order valence-corrected chi connectivity index (χ4v) is 3.83. The quantitative estimate of drug-likeness (QED) is 0.624. The second-order valence-corrected chi connectivity index (χ2v) is 7.62. The lowest BCUT2D eigenvalue weighted by Crippen LogP contribution is -2.34. The van der Waals surface area contributed by atoms with E-state index in [0.717, 1.165) is 49.4 Å². The van der Waals surface area contributed by atoms with Crippen molar-refractivity contribution in [3.05, 3.63) is 76.6 Å². The molecule has 0 atom stereocenters. The first-order chi connectivity index (χ1) is 13.6. The highest BCUT2D eigenvalue weighted by atomic mass is 35.5. The first-order valence-corrected chi connectivity index (χ1v) is 9.81. The van der Waals surface area contributed by atoms with Crippen LogP contribution in [0, 0.1) is 11.6 Å². The van der Waals surface area contributed by atoms with Crippen molar-refractivity contribution in [2.24, 2.45) is 0 Å². The summed E-state index contributed by atoms with van der Waals surface area (Å²) < 4.78 is 28.1. The summed E-state index contributed by atoms with van der Waals surface area (Å²) in [7, 11) is 0. The molecular weight excluding hydrogens is 382 g/mol. The number of halogens is 3. The van der Waals surface area contributed by atoms with E-state index >= 15 is 0 Å². The standard InChI is InChI=1S/C21H21ClF2N4/c22-17-2-1-3-18(13-17)28-14-21(25-26-28)16-7-10-27(11-8-16)9-6-15-4-5-19(23)20(24)12-15/h1-5,12-14,16H,6-11H2. The van der Waals surface area contributed by atoms with Crippen molar-refractivity contribution in [3.8, 4) is 5.69 Å². The molecule has 1 aromatic heterocycles. The molecule has 1 aliphatic rings. The van der Waals surface area contributed by atoms with Crippen LogP contribution in [0.15, 0.2) is 48.7 Å². The van der Waals surface area contributed by atoms with Gasteiger partial charge in [0, 0.05) is 17.5 Å². The molecule has 0 radical (unpaired) electrons. The third kappa shape index (κ3) is 4.39. The molecule has 2 heterocycles. The van der Waals surface area contributed by atoms with E-state index in [2.05, 4.69) is 15.2 Å². The van der Waals surface area contributed by atoms with Crippen LogP contribution in [0.5, 0.6) is 0 Å². The first-order valence-electron chi connectivity index (χ1n) is 9.43. The molecule has 146 valence electrons. The van der Waals surface area contributed by atoms with E-state index in [1.54, 1.807) is 10.7 Å². The Hall–Kier alpha value is -2.31. The van der Waals surface area contributed by atoms with E-state index in [4.69, 9.17) is 11.6 Å². The smallest absolute Gasteiger partial charge is 0.159 e. The Balaban J connectivity index is 1.31. The van der Waals surface area contributed by atoms with Gasteiger partial charge in [0.25, 0.3) is 0 Å². The van der Waals surface area contributed by atoms with Crippen LogP contribution in [0.2, 0.25) is 5.02 Å². The summed E-state index contributed by atoms with van der Waals surface area (Å²) in [5, 5.41) is 9.27. The molecule has 0 aliphatic carbocycles. The molecule has 0 bridgehead atoms. The maximum atomic E-state index is 13.3. The Morgan fingerprint density at radius 3 is 2.61 bits per heavy atom. The molecule has 0 saturated carbocycles. The molecule has 0 amide bonds.